The highest BCUT2D eigenvalue weighted by Crippen LogP contribution is 2.18. The molecule has 92 valence electrons. The third-order valence-electron chi connectivity index (χ3n) is 2.67. The SMILES string of the molecule is CCCC(N)Cc1nc2c(F)cc(F)cc2[nH]1. The van der Waals surface area contributed by atoms with Gasteiger partial charge in [0.05, 0.1) is 5.52 Å². The van der Waals surface area contributed by atoms with Crippen LogP contribution in [0.25, 0.3) is 11.0 Å². The molecule has 0 radical (unpaired) electrons. The summed E-state index contributed by atoms with van der Waals surface area (Å²) < 4.78 is 26.4. The highest BCUT2D eigenvalue weighted by Gasteiger charge is 2.11. The topological polar surface area (TPSA) is 54.7 Å². The Balaban J connectivity index is 2.28. The fourth-order valence-electron chi connectivity index (χ4n) is 1.91. The fourth-order valence-corrected chi connectivity index (χ4v) is 1.91. The summed E-state index contributed by atoms with van der Waals surface area (Å²) in [6, 6.07) is 2.06. The molecule has 0 saturated heterocycles. The number of hydrogen-bond donors (Lipinski definition) is 2. The van der Waals surface area contributed by atoms with Gasteiger partial charge in [-0.05, 0) is 12.5 Å². The van der Waals surface area contributed by atoms with Gasteiger partial charge in [-0.2, -0.15) is 0 Å². The molecule has 0 spiro atoms. The molecule has 0 bridgehead atoms. The summed E-state index contributed by atoms with van der Waals surface area (Å²) in [6.45, 7) is 2.05. The summed E-state index contributed by atoms with van der Waals surface area (Å²) in [7, 11) is 0. The standard InChI is InChI=1S/C12H15F2N3/c1-2-3-8(15)6-11-16-10-5-7(13)4-9(14)12(10)17-11/h4-5,8H,2-3,6,15H2,1H3,(H,16,17). The largest absolute Gasteiger partial charge is 0.342 e. The van der Waals surface area contributed by atoms with Gasteiger partial charge in [-0.15, -0.1) is 0 Å². The van der Waals surface area contributed by atoms with Gasteiger partial charge in [-0.1, -0.05) is 13.3 Å². The minimum absolute atomic E-state index is 0.00605. The van der Waals surface area contributed by atoms with E-state index in [2.05, 4.69) is 9.97 Å². The maximum atomic E-state index is 13.4. The zero-order chi connectivity index (χ0) is 12.4. The van der Waals surface area contributed by atoms with Crippen LogP contribution in [0.2, 0.25) is 0 Å². The lowest BCUT2D eigenvalue weighted by atomic mass is 10.1. The summed E-state index contributed by atoms with van der Waals surface area (Å²) in [5.74, 6) is -0.653. The number of halogens is 2. The first-order valence-electron chi connectivity index (χ1n) is 5.69. The van der Waals surface area contributed by atoms with E-state index in [0.29, 0.717) is 17.8 Å². The normalized spacial score (nSPS) is 13.2. The van der Waals surface area contributed by atoms with Gasteiger partial charge in [0.2, 0.25) is 0 Å². The Morgan fingerprint density at radius 3 is 2.88 bits per heavy atom. The van der Waals surface area contributed by atoms with Crippen LogP contribution in [-0.2, 0) is 6.42 Å². The first-order chi connectivity index (χ1) is 8.10. The highest BCUT2D eigenvalue weighted by molar-refractivity contribution is 5.75. The van der Waals surface area contributed by atoms with E-state index in [1.165, 1.54) is 6.07 Å². The number of hydrogen-bond acceptors (Lipinski definition) is 2. The summed E-state index contributed by atoms with van der Waals surface area (Å²) in [6.07, 6.45) is 2.42. The van der Waals surface area contributed by atoms with Crippen molar-refractivity contribution in [3.63, 3.8) is 0 Å². The van der Waals surface area contributed by atoms with Crippen LogP contribution in [-0.4, -0.2) is 16.0 Å². The summed E-state index contributed by atoms with van der Waals surface area (Å²) in [5.41, 5.74) is 6.43. The number of nitrogens with one attached hydrogen (secondary N) is 1. The molecule has 1 atom stereocenters. The van der Waals surface area contributed by atoms with Crippen molar-refractivity contribution in [2.75, 3.05) is 0 Å². The number of rotatable bonds is 4. The van der Waals surface area contributed by atoms with Gasteiger partial charge in [0.1, 0.15) is 17.2 Å². The van der Waals surface area contributed by atoms with Crippen LogP contribution in [0.4, 0.5) is 8.78 Å². The van der Waals surface area contributed by atoms with Crippen molar-refractivity contribution < 1.29 is 8.78 Å². The molecule has 0 saturated carbocycles. The van der Waals surface area contributed by atoms with Crippen molar-refractivity contribution in [2.24, 2.45) is 5.73 Å². The van der Waals surface area contributed by atoms with E-state index in [-0.39, 0.29) is 11.6 Å². The molecule has 0 aliphatic heterocycles. The minimum Gasteiger partial charge on any atom is -0.342 e. The van der Waals surface area contributed by atoms with Crippen molar-refractivity contribution in [2.45, 2.75) is 32.2 Å². The molecule has 17 heavy (non-hydrogen) atoms. The number of benzene rings is 1. The summed E-state index contributed by atoms with van der Waals surface area (Å²) in [4.78, 5) is 6.99. The third kappa shape index (κ3) is 2.61. The second kappa shape index (κ2) is 4.79. The zero-order valence-electron chi connectivity index (χ0n) is 9.63. The molecule has 1 unspecified atom stereocenters. The third-order valence-corrected chi connectivity index (χ3v) is 2.67. The molecule has 5 heteroatoms. The number of imidazole rings is 1. The van der Waals surface area contributed by atoms with Crippen LogP contribution in [0.3, 0.4) is 0 Å². The molecule has 0 fully saturated rings. The van der Waals surface area contributed by atoms with Crippen LogP contribution in [0, 0.1) is 11.6 Å². The Bertz CT molecular complexity index is 522. The average molecular weight is 239 g/mol. The molecule has 1 aromatic carbocycles. The molecule has 2 rings (SSSR count). The van der Waals surface area contributed by atoms with Gasteiger partial charge in [0, 0.05) is 18.5 Å². The number of aromatic amines is 1. The van der Waals surface area contributed by atoms with Crippen molar-refractivity contribution in [3.05, 3.63) is 29.6 Å². The molecule has 1 aromatic heterocycles. The minimum atomic E-state index is -0.647. The molecule has 3 nitrogen and oxygen atoms in total. The molecule has 0 aliphatic carbocycles. The Morgan fingerprint density at radius 2 is 2.18 bits per heavy atom. The zero-order valence-corrected chi connectivity index (χ0v) is 9.63. The van der Waals surface area contributed by atoms with E-state index in [9.17, 15) is 8.78 Å². The van der Waals surface area contributed by atoms with E-state index in [1.807, 2.05) is 6.92 Å². The number of fused-ring (bicyclic) bond motifs is 1. The number of nitrogens with two attached hydrogens (primary N) is 1. The Labute approximate surface area is 98.0 Å². The van der Waals surface area contributed by atoms with Gasteiger partial charge in [0.25, 0.3) is 0 Å². The molecule has 3 N–H and O–H groups in total. The van der Waals surface area contributed by atoms with Crippen LogP contribution in [0.1, 0.15) is 25.6 Å². The predicted molar refractivity (Wildman–Crippen MR) is 62.6 cm³/mol. The second-order valence-electron chi connectivity index (χ2n) is 4.22. The van der Waals surface area contributed by atoms with Crippen LogP contribution in [0.15, 0.2) is 12.1 Å². The summed E-state index contributed by atoms with van der Waals surface area (Å²) >= 11 is 0. The molecule has 0 aliphatic rings. The highest BCUT2D eigenvalue weighted by atomic mass is 19.1. The number of nitrogens with zero attached hydrogens (tertiary/aromatic N) is 1. The van der Waals surface area contributed by atoms with E-state index < -0.39 is 11.6 Å². The number of H-pyrrole nitrogens is 1. The number of aromatic nitrogens is 2. The van der Waals surface area contributed by atoms with E-state index in [1.54, 1.807) is 0 Å². The lowest BCUT2D eigenvalue weighted by Crippen LogP contribution is -2.22. The molecular formula is C12H15F2N3. The second-order valence-corrected chi connectivity index (χ2v) is 4.22. The van der Waals surface area contributed by atoms with Gasteiger partial charge in [0.15, 0.2) is 5.82 Å². The average Bonchev–Trinajstić information content (AvgIpc) is 2.60. The van der Waals surface area contributed by atoms with Crippen molar-refractivity contribution in [3.8, 4) is 0 Å². The Morgan fingerprint density at radius 1 is 1.41 bits per heavy atom. The Kier molecular flexibility index (Phi) is 3.38. The van der Waals surface area contributed by atoms with Crippen molar-refractivity contribution in [1.82, 2.24) is 9.97 Å². The lowest BCUT2D eigenvalue weighted by Gasteiger charge is -2.06. The monoisotopic (exact) mass is 239 g/mol. The maximum Gasteiger partial charge on any atom is 0.153 e. The fraction of sp³-hybridized carbons (Fsp3) is 0.417. The van der Waals surface area contributed by atoms with Crippen molar-refractivity contribution in [1.29, 1.82) is 0 Å². The molecule has 2 aromatic rings. The van der Waals surface area contributed by atoms with E-state index in [4.69, 9.17) is 5.73 Å². The van der Waals surface area contributed by atoms with E-state index in [0.717, 1.165) is 18.9 Å². The molecular weight excluding hydrogens is 224 g/mol. The Hall–Kier alpha value is -1.49. The van der Waals surface area contributed by atoms with Crippen LogP contribution >= 0.6 is 0 Å². The maximum absolute atomic E-state index is 13.4. The van der Waals surface area contributed by atoms with Crippen LogP contribution in [0.5, 0.6) is 0 Å². The first kappa shape index (κ1) is 12.0. The molecule has 0 amide bonds. The van der Waals surface area contributed by atoms with Gasteiger partial charge >= 0.3 is 0 Å². The van der Waals surface area contributed by atoms with Crippen molar-refractivity contribution >= 4 is 11.0 Å². The smallest absolute Gasteiger partial charge is 0.153 e. The van der Waals surface area contributed by atoms with E-state index >= 15 is 0 Å². The lowest BCUT2D eigenvalue weighted by molar-refractivity contribution is 0.586. The van der Waals surface area contributed by atoms with Crippen LogP contribution < -0.4 is 5.73 Å². The van der Waals surface area contributed by atoms with Gasteiger partial charge < -0.3 is 10.7 Å². The van der Waals surface area contributed by atoms with Gasteiger partial charge in [-0.25, -0.2) is 13.8 Å². The summed E-state index contributed by atoms with van der Waals surface area (Å²) in [5, 5.41) is 0. The first-order valence-corrected chi connectivity index (χ1v) is 5.69. The predicted octanol–water partition coefficient (Wildman–Crippen LogP) is 2.51. The molecule has 1 heterocycles. The van der Waals surface area contributed by atoms with Gasteiger partial charge in [-0.3, -0.25) is 0 Å². The quantitative estimate of drug-likeness (QED) is 0.861.